The molecule has 4 fully saturated rings. The molecule has 7 heteroatoms. The van der Waals surface area contributed by atoms with E-state index >= 15 is 0 Å². The number of fused-ring (bicyclic) bond motifs is 2. The smallest absolute Gasteiger partial charge is 0.253 e. The second kappa shape index (κ2) is 5.82. The average molecular weight is 330 g/mol. The number of amides is 2. The molecule has 0 aliphatic carbocycles. The monoisotopic (exact) mass is 330 g/mol. The van der Waals surface area contributed by atoms with E-state index in [0.29, 0.717) is 24.1 Å². The number of anilines is 2. The maximum Gasteiger partial charge on any atom is 0.253 e. The fourth-order valence-electron chi connectivity index (χ4n) is 3.73. The zero-order valence-electron chi connectivity index (χ0n) is 13.9. The third-order valence-corrected chi connectivity index (χ3v) is 5.32. The van der Waals surface area contributed by atoms with E-state index in [9.17, 15) is 9.59 Å². The Bertz CT molecular complexity index is 680. The molecule has 0 radical (unpaired) electrons. The molecule has 1 aromatic heterocycles. The van der Waals surface area contributed by atoms with Crippen molar-refractivity contribution in [2.75, 3.05) is 23.8 Å². The van der Waals surface area contributed by atoms with Crippen LogP contribution in [0.2, 0.25) is 0 Å². The van der Waals surface area contributed by atoms with Crippen molar-refractivity contribution in [3.63, 3.8) is 0 Å². The van der Waals surface area contributed by atoms with Crippen LogP contribution in [0, 0.1) is 0 Å². The molecule has 0 saturated carbocycles. The number of hydrogen-bond acceptors (Lipinski definition) is 5. The van der Waals surface area contributed by atoms with Crippen LogP contribution in [-0.2, 0) is 14.3 Å². The van der Waals surface area contributed by atoms with Crippen LogP contribution in [0.4, 0.5) is 11.5 Å². The van der Waals surface area contributed by atoms with Crippen molar-refractivity contribution < 1.29 is 14.3 Å². The van der Waals surface area contributed by atoms with Crippen LogP contribution >= 0.6 is 0 Å². The van der Waals surface area contributed by atoms with Crippen LogP contribution in [0.1, 0.15) is 26.2 Å². The average Bonchev–Trinajstić information content (AvgIpc) is 3.01. The molecule has 7 nitrogen and oxygen atoms in total. The van der Waals surface area contributed by atoms with Gasteiger partial charge in [0, 0.05) is 30.5 Å². The zero-order chi connectivity index (χ0) is 16.8. The molecule has 1 N–H and O–H groups in total. The normalized spacial score (nSPS) is 32.6. The molecule has 24 heavy (non-hydrogen) atoms. The largest absolute Gasteiger partial charge is 0.365 e. The molecule has 4 unspecified atom stereocenters. The second-order valence-corrected chi connectivity index (χ2v) is 6.92. The van der Waals surface area contributed by atoms with Crippen LogP contribution in [0.25, 0.3) is 0 Å². The maximum atomic E-state index is 12.5. The summed E-state index contributed by atoms with van der Waals surface area (Å²) in [5.74, 6) is 0.550. The highest BCUT2D eigenvalue weighted by Gasteiger charge is 2.48. The van der Waals surface area contributed by atoms with E-state index in [1.807, 2.05) is 14.0 Å². The maximum absolute atomic E-state index is 12.5. The molecule has 0 aromatic carbocycles. The molecule has 4 aliphatic rings. The predicted octanol–water partition coefficient (Wildman–Crippen LogP) is 1.01. The van der Waals surface area contributed by atoms with Gasteiger partial charge in [0.2, 0.25) is 5.91 Å². The minimum Gasteiger partial charge on any atom is -0.365 e. The van der Waals surface area contributed by atoms with Crippen LogP contribution in [0.15, 0.2) is 18.3 Å². The van der Waals surface area contributed by atoms with Crippen LogP contribution in [-0.4, -0.2) is 59.6 Å². The molecule has 5 heterocycles. The van der Waals surface area contributed by atoms with Crippen molar-refractivity contribution in [2.45, 2.75) is 50.5 Å². The lowest BCUT2D eigenvalue weighted by Gasteiger charge is -2.53. The summed E-state index contributed by atoms with van der Waals surface area (Å²) in [6.45, 7) is 2.63. The van der Waals surface area contributed by atoms with Crippen molar-refractivity contribution in [3.05, 3.63) is 18.3 Å². The van der Waals surface area contributed by atoms with Crippen molar-refractivity contribution in [3.8, 4) is 0 Å². The number of ether oxygens (including phenoxy) is 1. The molecule has 1 aromatic rings. The Morgan fingerprint density at radius 2 is 2.25 bits per heavy atom. The van der Waals surface area contributed by atoms with Gasteiger partial charge >= 0.3 is 0 Å². The molecule has 4 saturated heterocycles. The first-order chi connectivity index (χ1) is 11.5. The van der Waals surface area contributed by atoms with Crippen LogP contribution in [0.3, 0.4) is 0 Å². The number of pyridine rings is 1. The lowest BCUT2D eigenvalue weighted by atomic mass is 9.87. The molecular formula is C17H22N4O3. The van der Waals surface area contributed by atoms with Gasteiger partial charge in [-0.2, -0.15) is 0 Å². The van der Waals surface area contributed by atoms with Crippen LogP contribution < -0.4 is 10.2 Å². The Balaban J connectivity index is 1.46. The number of piperazine rings is 1. The molecule has 128 valence electrons. The van der Waals surface area contributed by atoms with Gasteiger partial charge in [-0.15, -0.1) is 0 Å². The number of rotatable bonds is 3. The van der Waals surface area contributed by atoms with Gasteiger partial charge < -0.3 is 10.1 Å². The minimum absolute atomic E-state index is 0.0304. The first kappa shape index (κ1) is 15.5. The third kappa shape index (κ3) is 2.57. The van der Waals surface area contributed by atoms with Gasteiger partial charge in [-0.25, -0.2) is 4.98 Å². The summed E-state index contributed by atoms with van der Waals surface area (Å²) >= 11 is 0. The van der Waals surface area contributed by atoms with E-state index in [0.717, 1.165) is 19.3 Å². The van der Waals surface area contributed by atoms with Crippen molar-refractivity contribution in [2.24, 2.45) is 0 Å². The number of carbonyl (C=O) groups is 2. The topological polar surface area (TPSA) is 74.8 Å². The quantitative estimate of drug-likeness (QED) is 0.895. The standard InChI is InChI=1S/C17H22N4O3/c1-10-3-4-14(24-10)16(22)19-11-5-6-18-15(7-11)21-9-12-8-13(17(21)23)20(12)2/h5-7,10,12-14H,3-4,8-9H2,1-2H3,(H,18,19,22). The Hall–Kier alpha value is -1.99. The third-order valence-electron chi connectivity index (χ3n) is 5.32. The highest BCUT2D eigenvalue weighted by Crippen LogP contribution is 2.34. The lowest BCUT2D eigenvalue weighted by molar-refractivity contribution is -0.135. The first-order valence-corrected chi connectivity index (χ1v) is 8.48. The van der Waals surface area contributed by atoms with Gasteiger partial charge in [0.25, 0.3) is 5.91 Å². The molecule has 0 spiro atoms. The van der Waals surface area contributed by atoms with Gasteiger partial charge in [-0.3, -0.25) is 19.4 Å². The van der Waals surface area contributed by atoms with E-state index in [4.69, 9.17) is 4.74 Å². The molecule has 4 aliphatic heterocycles. The highest BCUT2D eigenvalue weighted by molar-refractivity contribution is 6.00. The summed E-state index contributed by atoms with van der Waals surface area (Å²) in [5, 5.41) is 2.88. The van der Waals surface area contributed by atoms with Crippen LogP contribution in [0.5, 0.6) is 0 Å². The summed E-state index contributed by atoms with van der Waals surface area (Å²) in [7, 11) is 1.99. The summed E-state index contributed by atoms with van der Waals surface area (Å²) in [6, 6.07) is 3.87. The SMILES string of the molecule is CC1CCC(C(=O)Nc2ccnc(N3CC4CC(C3=O)N4C)c2)O1. The van der Waals surface area contributed by atoms with Gasteiger partial charge in [0.05, 0.1) is 12.1 Å². The molecule has 4 atom stereocenters. The van der Waals surface area contributed by atoms with E-state index in [2.05, 4.69) is 15.2 Å². The lowest BCUT2D eigenvalue weighted by Crippen LogP contribution is -2.70. The summed E-state index contributed by atoms with van der Waals surface area (Å²) in [4.78, 5) is 32.9. The van der Waals surface area contributed by atoms with Crippen molar-refractivity contribution in [1.82, 2.24) is 9.88 Å². The second-order valence-electron chi connectivity index (χ2n) is 6.92. The Morgan fingerprint density at radius 1 is 1.42 bits per heavy atom. The first-order valence-electron chi connectivity index (χ1n) is 8.48. The van der Waals surface area contributed by atoms with Crippen molar-refractivity contribution >= 4 is 23.3 Å². The number of hydrogen-bond donors (Lipinski definition) is 1. The fourth-order valence-corrected chi connectivity index (χ4v) is 3.73. The van der Waals surface area contributed by atoms with Crippen molar-refractivity contribution in [1.29, 1.82) is 0 Å². The highest BCUT2D eigenvalue weighted by atomic mass is 16.5. The fraction of sp³-hybridized carbons (Fsp3) is 0.588. The van der Waals surface area contributed by atoms with Gasteiger partial charge in [0.15, 0.2) is 0 Å². The molecular weight excluding hydrogens is 308 g/mol. The summed E-state index contributed by atoms with van der Waals surface area (Å²) in [5.41, 5.74) is 0.647. The van der Waals surface area contributed by atoms with E-state index in [1.165, 1.54) is 0 Å². The number of nitrogens with zero attached hydrogens (tertiary/aromatic N) is 3. The number of piperidine rings is 1. The Kier molecular flexibility index (Phi) is 3.77. The number of likely N-dealkylation sites (N-methyl/N-ethyl adjacent to an activating group) is 1. The minimum atomic E-state index is -0.394. The summed E-state index contributed by atoms with van der Waals surface area (Å²) in [6.07, 6.45) is 3.93. The Morgan fingerprint density at radius 3 is 2.92 bits per heavy atom. The summed E-state index contributed by atoms with van der Waals surface area (Å²) < 4.78 is 5.59. The van der Waals surface area contributed by atoms with Gasteiger partial charge in [-0.1, -0.05) is 0 Å². The van der Waals surface area contributed by atoms with Gasteiger partial charge in [0.1, 0.15) is 11.9 Å². The van der Waals surface area contributed by atoms with E-state index in [-0.39, 0.29) is 24.0 Å². The van der Waals surface area contributed by atoms with E-state index in [1.54, 1.807) is 23.2 Å². The predicted molar refractivity (Wildman–Crippen MR) is 88.7 cm³/mol. The molecule has 5 rings (SSSR count). The number of aromatic nitrogens is 1. The molecule has 2 bridgehead atoms. The Labute approximate surface area is 141 Å². The van der Waals surface area contributed by atoms with E-state index < -0.39 is 6.10 Å². The number of carbonyl (C=O) groups excluding carboxylic acids is 2. The number of nitrogens with one attached hydrogen (secondary N) is 1. The van der Waals surface area contributed by atoms with Gasteiger partial charge in [-0.05, 0) is 39.3 Å². The zero-order valence-corrected chi connectivity index (χ0v) is 13.9. The molecule has 2 amide bonds.